The van der Waals surface area contributed by atoms with Crippen molar-refractivity contribution in [3.63, 3.8) is 0 Å². The molecule has 5 nitrogen and oxygen atoms in total. The summed E-state index contributed by atoms with van der Waals surface area (Å²) in [4.78, 5) is 12.6. The van der Waals surface area contributed by atoms with Gasteiger partial charge in [-0.1, -0.05) is 12.1 Å². The minimum atomic E-state index is -3.68. The minimum absolute atomic E-state index is 0.0861. The highest BCUT2D eigenvalue weighted by Gasteiger charge is 2.20. The summed E-state index contributed by atoms with van der Waals surface area (Å²) < 4.78 is 27.8. The first-order chi connectivity index (χ1) is 10.8. The normalized spacial score (nSPS) is 14.1. The van der Waals surface area contributed by atoms with E-state index in [0.29, 0.717) is 22.7 Å². The van der Waals surface area contributed by atoms with Gasteiger partial charge in [0, 0.05) is 4.90 Å². The van der Waals surface area contributed by atoms with E-state index in [2.05, 4.69) is 10.0 Å². The topological polar surface area (TPSA) is 75.3 Å². The summed E-state index contributed by atoms with van der Waals surface area (Å²) >= 11 is 1.44. The number of thioether (sulfide) groups is 1. The van der Waals surface area contributed by atoms with Gasteiger partial charge in [0.05, 0.1) is 22.0 Å². The Bertz CT molecular complexity index is 892. The molecule has 0 saturated carbocycles. The Hall–Kier alpha value is -1.99. The number of rotatable bonds is 3. The van der Waals surface area contributed by atoms with Crippen LogP contribution in [0.1, 0.15) is 11.1 Å². The number of hydrogen-bond donors (Lipinski definition) is 2. The Kier molecular flexibility index (Phi) is 4.08. The van der Waals surface area contributed by atoms with Crippen LogP contribution in [0.25, 0.3) is 0 Å². The molecule has 0 saturated heterocycles. The number of sulfonamides is 1. The fraction of sp³-hybridized carbons (Fsp3) is 0.188. The second kappa shape index (κ2) is 5.90. The first kappa shape index (κ1) is 15.9. The fourth-order valence-corrected chi connectivity index (χ4v) is 4.52. The van der Waals surface area contributed by atoms with Crippen LogP contribution in [0.15, 0.2) is 46.2 Å². The Labute approximate surface area is 139 Å². The molecular formula is C16H16N2O3S2. The van der Waals surface area contributed by atoms with Gasteiger partial charge in [0.2, 0.25) is 5.91 Å². The number of hydrogen-bond acceptors (Lipinski definition) is 4. The highest BCUT2D eigenvalue weighted by atomic mass is 32.2. The SMILES string of the molecule is Cc1ccc(C)c(S(=O)(=O)Nc2ccc3c(c2)NC(=O)CS3)c1. The number of amides is 1. The van der Waals surface area contributed by atoms with Crippen LogP contribution in [-0.4, -0.2) is 20.1 Å². The lowest BCUT2D eigenvalue weighted by Crippen LogP contribution is -2.19. The van der Waals surface area contributed by atoms with Gasteiger partial charge in [0.15, 0.2) is 0 Å². The van der Waals surface area contributed by atoms with Crippen LogP contribution in [0.2, 0.25) is 0 Å². The van der Waals surface area contributed by atoms with Crippen molar-refractivity contribution in [2.45, 2.75) is 23.6 Å². The molecule has 1 amide bonds. The lowest BCUT2D eigenvalue weighted by Gasteiger charge is -2.18. The lowest BCUT2D eigenvalue weighted by molar-refractivity contribution is -0.113. The fourth-order valence-electron chi connectivity index (χ4n) is 2.35. The van der Waals surface area contributed by atoms with E-state index in [1.54, 1.807) is 37.3 Å². The zero-order valence-corrected chi connectivity index (χ0v) is 14.3. The van der Waals surface area contributed by atoms with Gasteiger partial charge in [0.25, 0.3) is 10.0 Å². The van der Waals surface area contributed by atoms with Crippen molar-refractivity contribution in [2.75, 3.05) is 15.8 Å². The third-order valence-electron chi connectivity index (χ3n) is 3.50. The van der Waals surface area contributed by atoms with Crippen LogP contribution in [0.5, 0.6) is 0 Å². The molecular weight excluding hydrogens is 332 g/mol. The van der Waals surface area contributed by atoms with E-state index in [-0.39, 0.29) is 10.8 Å². The zero-order chi connectivity index (χ0) is 16.6. The molecule has 2 aromatic rings. The van der Waals surface area contributed by atoms with Crippen molar-refractivity contribution in [3.05, 3.63) is 47.5 Å². The van der Waals surface area contributed by atoms with Gasteiger partial charge in [-0.25, -0.2) is 8.42 Å². The van der Waals surface area contributed by atoms with Gasteiger partial charge in [0.1, 0.15) is 0 Å². The summed E-state index contributed by atoms with van der Waals surface area (Å²) in [6, 6.07) is 10.5. The highest BCUT2D eigenvalue weighted by Crippen LogP contribution is 2.34. The predicted octanol–water partition coefficient (Wildman–Crippen LogP) is 3.15. The standard InChI is InChI=1S/C16H16N2O3S2/c1-10-3-4-11(2)15(7-10)23(20,21)18-12-5-6-14-13(8-12)17-16(19)9-22-14/h3-8,18H,9H2,1-2H3,(H,17,19). The van der Waals surface area contributed by atoms with Crippen molar-refractivity contribution >= 4 is 39.1 Å². The van der Waals surface area contributed by atoms with Crippen molar-refractivity contribution in [3.8, 4) is 0 Å². The summed E-state index contributed by atoms with van der Waals surface area (Å²) in [6.07, 6.45) is 0. The Morgan fingerprint density at radius 2 is 1.91 bits per heavy atom. The smallest absolute Gasteiger partial charge is 0.262 e. The maximum Gasteiger partial charge on any atom is 0.262 e. The summed E-state index contributed by atoms with van der Waals surface area (Å²) in [7, 11) is -3.68. The average molecular weight is 348 g/mol. The molecule has 0 atom stereocenters. The van der Waals surface area contributed by atoms with E-state index in [4.69, 9.17) is 0 Å². The van der Waals surface area contributed by atoms with E-state index in [9.17, 15) is 13.2 Å². The van der Waals surface area contributed by atoms with Crippen LogP contribution in [0.3, 0.4) is 0 Å². The number of benzene rings is 2. The number of nitrogens with one attached hydrogen (secondary N) is 2. The van der Waals surface area contributed by atoms with Crippen LogP contribution in [-0.2, 0) is 14.8 Å². The molecule has 0 fully saturated rings. The Morgan fingerprint density at radius 1 is 1.13 bits per heavy atom. The molecule has 1 aliphatic rings. The van der Waals surface area contributed by atoms with Gasteiger partial charge in [-0.05, 0) is 49.2 Å². The largest absolute Gasteiger partial charge is 0.324 e. The molecule has 7 heteroatoms. The molecule has 0 spiro atoms. The molecule has 0 aliphatic carbocycles. The van der Waals surface area contributed by atoms with Gasteiger partial charge in [-0.15, -0.1) is 11.8 Å². The Morgan fingerprint density at radius 3 is 2.70 bits per heavy atom. The van der Waals surface area contributed by atoms with E-state index in [1.807, 2.05) is 13.0 Å². The van der Waals surface area contributed by atoms with Gasteiger partial charge < -0.3 is 5.32 Å². The monoisotopic (exact) mass is 348 g/mol. The summed E-state index contributed by atoms with van der Waals surface area (Å²) in [5, 5.41) is 2.75. The maximum absolute atomic E-state index is 12.6. The molecule has 2 aromatic carbocycles. The minimum Gasteiger partial charge on any atom is -0.324 e. The molecule has 23 heavy (non-hydrogen) atoms. The van der Waals surface area contributed by atoms with Crippen molar-refractivity contribution in [1.29, 1.82) is 0 Å². The van der Waals surface area contributed by atoms with Crippen LogP contribution in [0.4, 0.5) is 11.4 Å². The van der Waals surface area contributed by atoms with Crippen LogP contribution >= 0.6 is 11.8 Å². The molecule has 1 aliphatic heterocycles. The first-order valence-electron chi connectivity index (χ1n) is 7.02. The molecule has 3 rings (SSSR count). The van der Waals surface area contributed by atoms with Crippen LogP contribution in [0, 0.1) is 13.8 Å². The van der Waals surface area contributed by atoms with Gasteiger partial charge >= 0.3 is 0 Å². The van der Waals surface area contributed by atoms with Crippen molar-refractivity contribution < 1.29 is 13.2 Å². The maximum atomic E-state index is 12.6. The molecule has 120 valence electrons. The summed E-state index contributed by atoms with van der Waals surface area (Å²) in [5.41, 5.74) is 2.62. The van der Waals surface area contributed by atoms with E-state index >= 15 is 0 Å². The van der Waals surface area contributed by atoms with Crippen LogP contribution < -0.4 is 10.0 Å². The summed E-state index contributed by atoms with van der Waals surface area (Å²) in [6.45, 7) is 3.61. The number of aryl methyl sites for hydroxylation is 2. The molecule has 0 bridgehead atoms. The van der Waals surface area contributed by atoms with E-state index in [0.717, 1.165) is 10.5 Å². The number of fused-ring (bicyclic) bond motifs is 1. The highest BCUT2D eigenvalue weighted by molar-refractivity contribution is 8.00. The third kappa shape index (κ3) is 3.35. The van der Waals surface area contributed by atoms with Gasteiger partial charge in [-0.2, -0.15) is 0 Å². The molecule has 0 radical (unpaired) electrons. The summed E-state index contributed by atoms with van der Waals surface area (Å²) in [5.74, 6) is 0.289. The zero-order valence-electron chi connectivity index (χ0n) is 12.7. The molecule has 0 aromatic heterocycles. The number of carbonyl (C=O) groups is 1. The number of carbonyl (C=O) groups excluding carboxylic acids is 1. The van der Waals surface area contributed by atoms with Crippen molar-refractivity contribution in [1.82, 2.24) is 0 Å². The average Bonchev–Trinajstić information content (AvgIpc) is 2.48. The quantitative estimate of drug-likeness (QED) is 0.893. The lowest BCUT2D eigenvalue weighted by atomic mass is 10.2. The molecule has 1 heterocycles. The second-order valence-corrected chi connectivity index (χ2v) is 8.09. The molecule has 0 unspecified atom stereocenters. The number of anilines is 2. The van der Waals surface area contributed by atoms with Crippen molar-refractivity contribution in [2.24, 2.45) is 0 Å². The van der Waals surface area contributed by atoms with E-state index < -0.39 is 10.0 Å². The third-order valence-corrected chi connectivity index (χ3v) is 6.09. The van der Waals surface area contributed by atoms with Gasteiger partial charge in [-0.3, -0.25) is 9.52 Å². The molecule has 2 N–H and O–H groups in total. The predicted molar refractivity (Wildman–Crippen MR) is 92.5 cm³/mol. The Balaban J connectivity index is 1.93. The van der Waals surface area contributed by atoms with E-state index in [1.165, 1.54) is 11.8 Å². The first-order valence-corrected chi connectivity index (χ1v) is 9.49. The second-order valence-electron chi connectivity index (χ2n) is 5.42.